The minimum Gasteiger partial charge on any atom is -0.490 e. The maximum absolute atomic E-state index is 12.0. The lowest BCUT2D eigenvalue weighted by Crippen LogP contribution is -2.37. The summed E-state index contributed by atoms with van der Waals surface area (Å²) in [5.74, 6) is 0.961. The van der Waals surface area contributed by atoms with E-state index in [0.29, 0.717) is 49.4 Å². The first-order valence-corrected chi connectivity index (χ1v) is 9.83. The van der Waals surface area contributed by atoms with E-state index < -0.39 is 0 Å². The van der Waals surface area contributed by atoms with Crippen LogP contribution in [0.5, 0.6) is 5.75 Å². The summed E-state index contributed by atoms with van der Waals surface area (Å²) in [5.41, 5.74) is 0.323. The lowest BCUT2D eigenvalue weighted by atomic mass is 10.2. The molecule has 0 saturated carbocycles. The Morgan fingerprint density at radius 2 is 1.87 bits per heavy atom. The number of hydrogen-bond acceptors (Lipinski definition) is 10. The Hall–Kier alpha value is -3.54. The van der Waals surface area contributed by atoms with Crippen molar-refractivity contribution < 1.29 is 19.1 Å². The van der Waals surface area contributed by atoms with Crippen LogP contribution in [0.3, 0.4) is 0 Å². The number of nitrogens with one attached hydrogen (secondary N) is 3. The van der Waals surface area contributed by atoms with Crippen molar-refractivity contribution in [3.63, 3.8) is 0 Å². The second-order valence-corrected chi connectivity index (χ2v) is 7.08. The molecule has 0 spiro atoms. The van der Waals surface area contributed by atoms with Gasteiger partial charge in [0.15, 0.2) is 17.5 Å². The third-order valence-electron chi connectivity index (χ3n) is 4.40. The predicted octanol–water partition coefficient (Wildman–Crippen LogP) is 1.41. The summed E-state index contributed by atoms with van der Waals surface area (Å²) < 4.78 is 11.0. The first-order chi connectivity index (χ1) is 14.9. The van der Waals surface area contributed by atoms with E-state index in [2.05, 4.69) is 35.9 Å². The van der Waals surface area contributed by atoms with Crippen molar-refractivity contribution in [1.29, 1.82) is 0 Å². The van der Waals surface area contributed by atoms with Gasteiger partial charge in [-0.05, 0) is 0 Å². The van der Waals surface area contributed by atoms with Gasteiger partial charge in [-0.15, -0.1) is 0 Å². The van der Waals surface area contributed by atoms with Crippen LogP contribution in [-0.2, 0) is 14.3 Å². The number of methoxy groups -OCH3 is 1. The molecular weight excluding hydrogens is 404 g/mol. The minimum absolute atomic E-state index is 0.0942. The molecule has 1 saturated heterocycles. The summed E-state index contributed by atoms with van der Waals surface area (Å²) in [4.78, 5) is 42.8. The third kappa shape index (κ3) is 5.54. The van der Waals surface area contributed by atoms with Crippen LogP contribution in [0.4, 0.5) is 29.1 Å². The number of carbonyl (C=O) groups excluding carboxylic acids is 2. The van der Waals surface area contributed by atoms with Crippen LogP contribution in [0.1, 0.15) is 20.8 Å². The Bertz CT molecular complexity index is 947. The number of aromatic nitrogens is 4. The molecule has 0 radical (unpaired) electrons. The number of morpholine rings is 1. The molecular formula is C19H26N8O4. The Morgan fingerprint density at radius 1 is 1.13 bits per heavy atom. The van der Waals surface area contributed by atoms with Crippen LogP contribution in [0.2, 0.25) is 0 Å². The minimum atomic E-state index is -0.297. The van der Waals surface area contributed by atoms with Crippen molar-refractivity contribution in [3.8, 4) is 5.75 Å². The van der Waals surface area contributed by atoms with Crippen LogP contribution in [-0.4, -0.2) is 65.2 Å². The number of ether oxygens (including phenoxy) is 2. The van der Waals surface area contributed by atoms with Crippen LogP contribution in [0, 0.1) is 5.92 Å². The van der Waals surface area contributed by atoms with Crippen molar-refractivity contribution in [3.05, 3.63) is 12.5 Å². The molecule has 2 aromatic heterocycles. The van der Waals surface area contributed by atoms with Crippen LogP contribution in [0.25, 0.3) is 0 Å². The standard InChI is InChI=1S/C19H26N8O4/c1-11(2)18(29)26-19-20-9-13(23-12(3)28)15(25-19)24-16-14(30-4)17(22-10-21-16)27-5-7-31-8-6-27/h9-11H,5-8H2,1-4H3,(H,23,28)(H2,20,21,22,24,25,26,29). The monoisotopic (exact) mass is 430 g/mol. The van der Waals surface area contributed by atoms with Crippen LogP contribution in [0.15, 0.2) is 12.5 Å². The van der Waals surface area contributed by atoms with Gasteiger partial charge in [0, 0.05) is 25.9 Å². The number of nitrogens with zero attached hydrogens (tertiary/aromatic N) is 5. The lowest BCUT2D eigenvalue weighted by Gasteiger charge is -2.29. The quantitative estimate of drug-likeness (QED) is 0.590. The van der Waals surface area contributed by atoms with E-state index in [0.717, 1.165) is 0 Å². The maximum atomic E-state index is 12.0. The molecule has 3 heterocycles. The molecule has 31 heavy (non-hydrogen) atoms. The molecule has 1 aliphatic rings. The van der Waals surface area contributed by atoms with E-state index in [1.165, 1.54) is 26.6 Å². The van der Waals surface area contributed by atoms with Crippen LogP contribution >= 0.6 is 0 Å². The zero-order valence-corrected chi connectivity index (χ0v) is 17.9. The first kappa shape index (κ1) is 22.2. The highest BCUT2D eigenvalue weighted by atomic mass is 16.5. The molecule has 0 atom stereocenters. The summed E-state index contributed by atoms with van der Waals surface area (Å²) in [6, 6.07) is 0. The molecule has 166 valence electrons. The highest BCUT2D eigenvalue weighted by Gasteiger charge is 2.22. The van der Waals surface area contributed by atoms with Gasteiger partial charge in [-0.2, -0.15) is 4.98 Å². The Labute approximate surface area is 179 Å². The van der Waals surface area contributed by atoms with Crippen molar-refractivity contribution >= 4 is 40.9 Å². The van der Waals surface area contributed by atoms with Gasteiger partial charge in [-0.25, -0.2) is 15.0 Å². The number of hydrogen-bond donors (Lipinski definition) is 3. The fourth-order valence-electron chi connectivity index (χ4n) is 2.83. The third-order valence-corrected chi connectivity index (χ3v) is 4.40. The highest BCUT2D eigenvalue weighted by Crippen LogP contribution is 2.35. The molecule has 0 bridgehead atoms. The topological polar surface area (TPSA) is 143 Å². The van der Waals surface area contributed by atoms with E-state index in [1.807, 2.05) is 4.90 Å². The molecule has 2 aromatic rings. The lowest BCUT2D eigenvalue weighted by molar-refractivity contribution is -0.119. The van der Waals surface area contributed by atoms with Gasteiger partial charge >= 0.3 is 0 Å². The molecule has 3 N–H and O–H groups in total. The number of rotatable bonds is 7. The molecule has 3 rings (SSSR count). The predicted molar refractivity (Wildman–Crippen MR) is 115 cm³/mol. The molecule has 0 unspecified atom stereocenters. The molecule has 1 fully saturated rings. The summed E-state index contributed by atoms with van der Waals surface area (Å²) in [6.45, 7) is 7.42. The average molecular weight is 430 g/mol. The maximum Gasteiger partial charge on any atom is 0.231 e. The van der Waals surface area contributed by atoms with Crippen molar-refractivity contribution in [2.75, 3.05) is 54.3 Å². The molecule has 12 heteroatoms. The summed E-state index contributed by atoms with van der Waals surface area (Å²) in [6.07, 6.45) is 2.82. The summed E-state index contributed by atoms with van der Waals surface area (Å²) >= 11 is 0. The zero-order chi connectivity index (χ0) is 22.4. The molecule has 1 aliphatic heterocycles. The Kier molecular flexibility index (Phi) is 7.13. The van der Waals surface area contributed by atoms with Crippen molar-refractivity contribution in [1.82, 2.24) is 19.9 Å². The summed E-state index contributed by atoms with van der Waals surface area (Å²) in [7, 11) is 1.52. The Balaban J connectivity index is 1.95. The SMILES string of the molecule is COc1c(Nc2nc(NC(=O)C(C)C)ncc2NC(C)=O)ncnc1N1CCOCC1. The first-order valence-electron chi connectivity index (χ1n) is 9.83. The number of anilines is 5. The van der Waals surface area contributed by atoms with E-state index in [9.17, 15) is 9.59 Å². The van der Waals surface area contributed by atoms with Crippen molar-refractivity contribution in [2.45, 2.75) is 20.8 Å². The smallest absolute Gasteiger partial charge is 0.231 e. The van der Waals surface area contributed by atoms with E-state index in [1.54, 1.807) is 13.8 Å². The zero-order valence-electron chi connectivity index (χ0n) is 17.9. The Morgan fingerprint density at radius 3 is 2.52 bits per heavy atom. The van der Waals surface area contributed by atoms with Gasteiger partial charge in [-0.1, -0.05) is 13.8 Å². The van der Waals surface area contributed by atoms with Gasteiger partial charge < -0.3 is 25.0 Å². The second kappa shape index (κ2) is 9.98. The van der Waals surface area contributed by atoms with Gasteiger partial charge in [0.2, 0.25) is 23.5 Å². The molecule has 0 aliphatic carbocycles. The van der Waals surface area contributed by atoms with Gasteiger partial charge in [0.05, 0.1) is 26.5 Å². The largest absolute Gasteiger partial charge is 0.490 e. The van der Waals surface area contributed by atoms with Gasteiger partial charge in [-0.3, -0.25) is 14.9 Å². The average Bonchev–Trinajstić information content (AvgIpc) is 2.75. The van der Waals surface area contributed by atoms with Gasteiger partial charge in [0.1, 0.15) is 12.0 Å². The van der Waals surface area contributed by atoms with Crippen LogP contribution < -0.4 is 25.6 Å². The van der Waals surface area contributed by atoms with E-state index in [4.69, 9.17) is 9.47 Å². The fourth-order valence-corrected chi connectivity index (χ4v) is 2.83. The molecule has 2 amide bonds. The van der Waals surface area contributed by atoms with Crippen molar-refractivity contribution in [2.24, 2.45) is 5.92 Å². The second-order valence-electron chi connectivity index (χ2n) is 7.08. The van der Waals surface area contributed by atoms with E-state index in [-0.39, 0.29) is 29.5 Å². The van der Waals surface area contributed by atoms with Gasteiger partial charge in [0.25, 0.3) is 0 Å². The fraction of sp³-hybridized carbons (Fsp3) is 0.474. The molecule has 12 nitrogen and oxygen atoms in total. The number of amides is 2. The van der Waals surface area contributed by atoms with E-state index >= 15 is 0 Å². The highest BCUT2D eigenvalue weighted by molar-refractivity contribution is 5.94. The normalized spacial score (nSPS) is 13.6. The summed E-state index contributed by atoms with van der Waals surface area (Å²) in [5, 5.41) is 8.37. The molecule has 0 aromatic carbocycles. The number of carbonyl (C=O) groups is 2.